The fourth-order valence-electron chi connectivity index (χ4n) is 2.37. The number of aliphatic hydroxyl groups excluding tert-OH is 1. The Morgan fingerprint density at radius 3 is 2.55 bits per heavy atom. The van der Waals surface area contributed by atoms with Gasteiger partial charge in [-0.1, -0.05) is 36.4 Å². The van der Waals surface area contributed by atoms with Crippen molar-refractivity contribution >= 4 is 0 Å². The van der Waals surface area contributed by atoms with Gasteiger partial charge in [0.25, 0.3) is 0 Å². The molecule has 20 heavy (non-hydrogen) atoms. The minimum Gasteiger partial charge on any atom is -0.396 e. The molecule has 0 aliphatic rings. The molecule has 0 bridgehead atoms. The largest absolute Gasteiger partial charge is 0.396 e. The number of nitriles is 1. The molecule has 2 atom stereocenters. The van der Waals surface area contributed by atoms with Gasteiger partial charge in [-0.2, -0.15) is 9.65 Å². The van der Waals surface area contributed by atoms with Crippen LogP contribution >= 0.6 is 0 Å². The lowest BCUT2D eigenvalue weighted by Gasteiger charge is -2.22. The lowest BCUT2D eigenvalue weighted by Crippen LogP contribution is -2.14. The lowest BCUT2D eigenvalue weighted by molar-refractivity contribution is 0.270. The summed E-state index contributed by atoms with van der Waals surface area (Å²) < 4.78 is 13.9. The summed E-state index contributed by atoms with van der Waals surface area (Å²) in [6.45, 7) is -0.107. The van der Waals surface area contributed by atoms with Crippen molar-refractivity contribution in [3.63, 3.8) is 0 Å². The number of nitrogens with zero attached hydrogens (tertiary/aromatic N) is 2. The van der Waals surface area contributed by atoms with E-state index in [1.165, 1.54) is 6.20 Å². The molecule has 0 spiro atoms. The molecule has 0 fully saturated rings. The van der Waals surface area contributed by atoms with Gasteiger partial charge in [0.15, 0.2) is 0 Å². The van der Waals surface area contributed by atoms with Crippen molar-refractivity contribution in [3.8, 4) is 6.07 Å². The van der Waals surface area contributed by atoms with E-state index < -0.39 is 17.8 Å². The molecule has 1 heterocycles. The molecule has 0 radical (unpaired) electrons. The van der Waals surface area contributed by atoms with Crippen molar-refractivity contribution in [3.05, 3.63) is 65.7 Å². The van der Waals surface area contributed by atoms with Gasteiger partial charge in [-0.3, -0.25) is 0 Å². The molecule has 2 rings (SSSR count). The second kappa shape index (κ2) is 6.78. The van der Waals surface area contributed by atoms with E-state index in [2.05, 4.69) is 11.1 Å². The fourth-order valence-corrected chi connectivity index (χ4v) is 2.37. The highest BCUT2D eigenvalue weighted by Crippen LogP contribution is 2.35. The molecule has 2 aromatic rings. The van der Waals surface area contributed by atoms with Crippen molar-refractivity contribution in [1.82, 2.24) is 4.98 Å². The second-order valence-electron chi connectivity index (χ2n) is 4.52. The summed E-state index contributed by atoms with van der Waals surface area (Å²) in [5, 5.41) is 18.7. The van der Waals surface area contributed by atoms with E-state index in [0.717, 1.165) is 5.56 Å². The molecule has 4 heteroatoms. The van der Waals surface area contributed by atoms with Crippen LogP contribution in [0, 0.1) is 17.3 Å². The Labute approximate surface area is 117 Å². The summed E-state index contributed by atoms with van der Waals surface area (Å²) in [6.07, 6.45) is 1.69. The SMILES string of the molecule is N#C[C@H](c1ccccc1)[C@@H](CCO)c1cccnc1F. The minimum absolute atomic E-state index is 0.107. The minimum atomic E-state index is -0.581. The summed E-state index contributed by atoms with van der Waals surface area (Å²) in [5.41, 5.74) is 1.19. The molecule has 0 aliphatic carbocycles. The first-order valence-electron chi connectivity index (χ1n) is 6.43. The Morgan fingerprint density at radius 2 is 1.95 bits per heavy atom. The van der Waals surface area contributed by atoms with Crippen molar-refractivity contribution in [2.24, 2.45) is 0 Å². The summed E-state index contributed by atoms with van der Waals surface area (Å²) in [7, 11) is 0. The highest BCUT2D eigenvalue weighted by molar-refractivity contribution is 5.32. The third kappa shape index (κ3) is 3.01. The molecule has 3 nitrogen and oxygen atoms in total. The van der Waals surface area contributed by atoms with E-state index in [0.29, 0.717) is 12.0 Å². The monoisotopic (exact) mass is 270 g/mol. The first-order chi connectivity index (χ1) is 9.77. The summed E-state index contributed by atoms with van der Waals surface area (Å²) in [5.74, 6) is -1.51. The quantitative estimate of drug-likeness (QED) is 0.850. The van der Waals surface area contributed by atoms with Gasteiger partial charge in [0.2, 0.25) is 5.95 Å². The Kier molecular flexibility index (Phi) is 4.80. The standard InChI is InChI=1S/C16H15FN2O/c17-16-14(7-4-9-19-16)13(8-10-20)15(11-18)12-5-2-1-3-6-12/h1-7,9,13,15,20H,8,10H2/t13-,15+/m0/s1. The normalized spacial score (nSPS) is 13.4. The zero-order valence-corrected chi connectivity index (χ0v) is 10.9. The van der Waals surface area contributed by atoms with E-state index in [1.54, 1.807) is 12.1 Å². The molecule has 0 unspecified atom stereocenters. The molecule has 1 aromatic carbocycles. The number of benzene rings is 1. The van der Waals surface area contributed by atoms with Crippen LogP contribution < -0.4 is 0 Å². The van der Waals surface area contributed by atoms with Crippen LogP contribution in [0.5, 0.6) is 0 Å². The van der Waals surface area contributed by atoms with Crippen molar-refractivity contribution in [2.75, 3.05) is 6.61 Å². The van der Waals surface area contributed by atoms with Gasteiger partial charge in [0.1, 0.15) is 0 Å². The fraction of sp³-hybridized carbons (Fsp3) is 0.250. The lowest BCUT2D eigenvalue weighted by atomic mass is 9.81. The first-order valence-corrected chi connectivity index (χ1v) is 6.43. The Bertz CT molecular complexity index is 595. The number of pyridine rings is 1. The van der Waals surface area contributed by atoms with Crippen LogP contribution in [-0.2, 0) is 0 Å². The maximum absolute atomic E-state index is 13.9. The van der Waals surface area contributed by atoms with E-state index in [-0.39, 0.29) is 6.61 Å². The number of hydrogen-bond acceptors (Lipinski definition) is 3. The number of aromatic nitrogens is 1. The summed E-state index contributed by atoms with van der Waals surface area (Å²) in [6, 6.07) is 14.7. The number of halogens is 1. The first kappa shape index (κ1) is 14.2. The van der Waals surface area contributed by atoms with Crippen molar-refractivity contribution < 1.29 is 9.50 Å². The maximum atomic E-state index is 13.9. The average Bonchev–Trinajstić information content (AvgIpc) is 2.49. The topological polar surface area (TPSA) is 56.9 Å². The van der Waals surface area contributed by atoms with Gasteiger partial charge in [0, 0.05) is 24.3 Å². The molecule has 0 saturated carbocycles. The highest BCUT2D eigenvalue weighted by atomic mass is 19.1. The van der Waals surface area contributed by atoms with E-state index in [9.17, 15) is 14.8 Å². The highest BCUT2D eigenvalue weighted by Gasteiger charge is 2.27. The molecule has 102 valence electrons. The van der Waals surface area contributed by atoms with E-state index in [4.69, 9.17) is 0 Å². The molecule has 0 aliphatic heterocycles. The van der Waals surface area contributed by atoms with Crippen LogP contribution in [0.15, 0.2) is 48.7 Å². The van der Waals surface area contributed by atoms with Gasteiger partial charge in [-0.15, -0.1) is 0 Å². The van der Waals surface area contributed by atoms with Crippen LogP contribution in [0.1, 0.15) is 29.4 Å². The zero-order valence-electron chi connectivity index (χ0n) is 10.9. The van der Waals surface area contributed by atoms with Crippen LogP contribution in [0.3, 0.4) is 0 Å². The van der Waals surface area contributed by atoms with Gasteiger partial charge < -0.3 is 5.11 Å². The molecule has 1 N–H and O–H groups in total. The number of hydrogen-bond donors (Lipinski definition) is 1. The summed E-state index contributed by atoms with van der Waals surface area (Å²) >= 11 is 0. The third-order valence-corrected chi connectivity index (χ3v) is 3.33. The Balaban J connectivity index is 2.42. The van der Waals surface area contributed by atoms with Crippen LogP contribution in [0.2, 0.25) is 0 Å². The molecule has 1 aromatic heterocycles. The maximum Gasteiger partial charge on any atom is 0.216 e. The predicted octanol–water partition coefficient (Wildman–Crippen LogP) is 2.99. The van der Waals surface area contributed by atoms with Crippen molar-refractivity contribution in [2.45, 2.75) is 18.3 Å². The Morgan fingerprint density at radius 1 is 1.20 bits per heavy atom. The smallest absolute Gasteiger partial charge is 0.216 e. The molecule has 0 saturated heterocycles. The van der Waals surface area contributed by atoms with Crippen LogP contribution in [0.25, 0.3) is 0 Å². The Hall–Kier alpha value is -2.25. The van der Waals surface area contributed by atoms with Gasteiger partial charge in [-0.05, 0) is 18.1 Å². The third-order valence-electron chi connectivity index (χ3n) is 3.33. The number of rotatable bonds is 5. The van der Waals surface area contributed by atoms with Crippen LogP contribution in [-0.4, -0.2) is 16.7 Å². The zero-order chi connectivity index (χ0) is 14.4. The van der Waals surface area contributed by atoms with Gasteiger partial charge >= 0.3 is 0 Å². The van der Waals surface area contributed by atoms with Crippen molar-refractivity contribution in [1.29, 1.82) is 5.26 Å². The molecule has 0 amide bonds. The van der Waals surface area contributed by atoms with Crippen LogP contribution in [0.4, 0.5) is 4.39 Å². The van der Waals surface area contributed by atoms with Gasteiger partial charge in [0.05, 0.1) is 12.0 Å². The van der Waals surface area contributed by atoms with E-state index >= 15 is 0 Å². The molecular formula is C16H15FN2O. The second-order valence-corrected chi connectivity index (χ2v) is 4.52. The average molecular weight is 270 g/mol. The number of aliphatic hydroxyl groups is 1. The molecular weight excluding hydrogens is 255 g/mol. The van der Waals surface area contributed by atoms with Gasteiger partial charge in [-0.25, -0.2) is 4.98 Å². The predicted molar refractivity (Wildman–Crippen MR) is 73.4 cm³/mol. The summed E-state index contributed by atoms with van der Waals surface area (Å²) in [4.78, 5) is 3.63. The van der Waals surface area contributed by atoms with E-state index in [1.807, 2.05) is 30.3 Å².